The molecule has 0 atom stereocenters. The molecular formula is C11H14F3NO3S. The molecule has 0 aliphatic rings. The Balaban J connectivity index is 3.12. The summed E-state index contributed by atoms with van der Waals surface area (Å²) in [5.41, 5.74) is 0.719. The number of aliphatic hydroxyl groups excluding tert-OH is 1. The molecule has 0 unspecified atom stereocenters. The van der Waals surface area contributed by atoms with Crippen LogP contribution < -0.4 is 4.72 Å². The van der Waals surface area contributed by atoms with Crippen molar-refractivity contribution in [3.05, 3.63) is 29.3 Å². The zero-order valence-electron chi connectivity index (χ0n) is 10.2. The van der Waals surface area contributed by atoms with Gasteiger partial charge in [0.15, 0.2) is 0 Å². The number of aliphatic hydroxyl groups is 1. The molecule has 0 radical (unpaired) electrons. The van der Waals surface area contributed by atoms with Crippen molar-refractivity contribution in [2.24, 2.45) is 0 Å². The molecule has 108 valence electrons. The minimum absolute atomic E-state index is 0.231. The fraction of sp³-hybridized carbons (Fsp3) is 0.455. The standard InChI is InChI=1S/C11H14F3NO3S/c1-2-9-4-3-8(6-16)5-10(9)19(17,18)15-7-11(12,13)14/h3-5,15-16H,2,6-7H2,1H3. The van der Waals surface area contributed by atoms with Crippen LogP contribution in [-0.2, 0) is 23.1 Å². The Morgan fingerprint density at radius 2 is 1.95 bits per heavy atom. The van der Waals surface area contributed by atoms with E-state index in [2.05, 4.69) is 0 Å². The zero-order valence-corrected chi connectivity index (χ0v) is 11.0. The van der Waals surface area contributed by atoms with E-state index in [0.29, 0.717) is 17.5 Å². The summed E-state index contributed by atoms with van der Waals surface area (Å²) in [6.45, 7) is -0.315. The van der Waals surface area contributed by atoms with E-state index in [0.717, 1.165) is 0 Å². The van der Waals surface area contributed by atoms with Gasteiger partial charge in [-0.05, 0) is 23.6 Å². The smallest absolute Gasteiger partial charge is 0.392 e. The van der Waals surface area contributed by atoms with Crippen molar-refractivity contribution in [3.8, 4) is 0 Å². The summed E-state index contributed by atoms with van der Waals surface area (Å²) in [7, 11) is -4.25. The normalized spacial score (nSPS) is 12.7. The Hall–Kier alpha value is -1.12. The molecule has 1 rings (SSSR count). The van der Waals surface area contributed by atoms with Gasteiger partial charge in [0, 0.05) is 0 Å². The van der Waals surface area contributed by atoms with Crippen LogP contribution in [-0.4, -0.2) is 26.2 Å². The first-order valence-electron chi connectivity index (χ1n) is 5.48. The largest absolute Gasteiger partial charge is 0.402 e. The van der Waals surface area contributed by atoms with Gasteiger partial charge in [-0.3, -0.25) is 0 Å². The second-order valence-electron chi connectivity index (χ2n) is 3.89. The van der Waals surface area contributed by atoms with Crippen molar-refractivity contribution in [2.45, 2.75) is 31.0 Å². The third-order valence-electron chi connectivity index (χ3n) is 2.45. The molecule has 0 heterocycles. The third kappa shape index (κ3) is 4.48. The molecule has 8 heteroatoms. The Morgan fingerprint density at radius 1 is 1.32 bits per heavy atom. The van der Waals surface area contributed by atoms with Crippen LogP contribution in [0.1, 0.15) is 18.1 Å². The average Bonchev–Trinajstić information content (AvgIpc) is 2.35. The van der Waals surface area contributed by atoms with Crippen LogP contribution in [0.3, 0.4) is 0 Å². The molecule has 19 heavy (non-hydrogen) atoms. The number of alkyl halides is 3. The van der Waals surface area contributed by atoms with E-state index >= 15 is 0 Å². The van der Waals surface area contributed by atoms with Gasteiger partial charge in [0.1, 0.15) is 6.54 Å². The van der Waals surface area contributed by atoms with E-state index in [1.807, 2.05) is 0 Å². The van der Waals surface area contributed by atoms with E-state index in [4.69, 9.17) is 5.11 Å². The topological polar surface area (TPSA) is 66.4 Å². The minimum Gasteiger partial charge on any atom is -0.392 e. The number of halogens is 3. The summed E-state index contributed by atoms with van der Waals surface area (Å²) >= 11 is 0. The van der Waals surface area contributed by atoms with E-state index in [1.165, 1.54) is 22.9 Å². The quantitative estimate of drug-likeness (QED) is 0.867. The van der Waals surface area contributed by atoms with Crippen LogP contribution >= 0.6 is 0 Å². The zero-order chi connectivity index (χ0) is 14.7. The molecule has 2 N–H and O–H groups in total. The van der Waals surface area contributed by atoms with Gasteiger partial charge in [-0.2, -0.15) is 13.2 Å². The lowest BCUT2D eigenvalue weighted by Gasteiger charge is -2.13. The predicted octanol–water partition coefficient (Wildman–Crippen LogP) is 1.58. The Bertz CT molecular complexity index is 541. The molecule has 0 aliphatic heterocycles. The molecule has 0 spiro atoms. The van der Waals surface area contributed by atoms with E-state index in [-0.39, 0.29) is 11.5 Å². The fourth-order valence-electron chi connectivity index (χ4n) is 1.49. The highest BCUT2D eigenvalue weighted by Gasteiger charge is 2.30. The molecule has 0 fully saturated rings. The monoisotopic (exact) mass is 297 g/mol. The lowest BCUT2D eigenvalue weighted by Crippen LogP contribution is -2.34. The summed E-state index contributed by atoms with van der Waals surface area (Å²) in [5, 5.41) is 8.96. The van der Waals surface area contributed by atoms with E-state index in [9.17, 15) is 21.6 Å². The summed E-state index contributed by atoms with van der Waals surface area (Å²) in [6.07, 6.45) is -4.26. The summed E-state index contributed by atoms with van der Waals surface area (Å²) in [5.74, 6) is 0. The number of nitrogens with one attached hydrogen (secondary N) is 1. The Morgan fingerprint density at radius 3 is 2.42 bits per heavy atom. The number of hydrogen-bond donors (Lipinski definition) is 2. The summed E-state index contributed by atoms with van der Waals surface area (Å²) < 4.78 is 61.4. The minimum atomic E-state index is -4.62. The van der Waals surface area contributed by atoms with Crippen LogP contribution in [0.25, 0.3) is 0 Å². The average molecular weight is 297 g/mol. The summed E-state index contributed by atoms with van der Waals surface area (Å²) in [4.78, 5) is -0.231. The maximum absolute atomic E-state index is 12.1. The Kier molecular flexibility index (Phi) is 4.94. The maximum atomic E-state index is 12.1. The van der Waals surface area contributed by atoms with E-state index in [1.54, 1.807) is 6.92 Å². The number of benzene rings is 1. The van der Waals surface area contributed by atoms with Crippen molar-refractivity contribution >= 4 is 10.0 Å². The molecule has 0 aromatic heterocycles. The van der Waals surface area contributed by atoms with Crippen molar-refractivity contribution in [3.63, 3.8) is 0 Å². The SMILES string of the molecule is CCc1ccc(CO)cc1S(=O)(=O)NCC(F)(F)F. The fourth-order valence-corrected chi connectivity index (χ4v) is 2.87. The molecule has 0 saturated carbocycles. The van der Waals surface area contributed by atoms with Crippen LogP contribution in [0.2, 0.25) is 0 Å². The molecule has 0 saturated heterocycles. The van der Waals surface area contributed by atoms with Crippen LogP contribution in [0.5, 0.6) is 0 Å². The first-order chi connectivity index (χ1) is 8.69. The number of aryl methyl sites for hydroxylation is 1. The van der Waals surface area contributed by atoms with Gasteiger partial charge >= 0.3 is 6.18 Å². The molecular weight excluding hydrogens is 283 g/mol. The van der Waals surface area contributed by atoms with Crippen LogP contribution in [0, 0.1) is 0 Å². The second-order valence-corrected chi connectivity index (χ2v) is 5.63. The first kappa shape index (κ1) is 15.9. The number of rotatable bonds is 5. The van der Waals surface area contributed by atoms with Crippen LogP contribution in [0.4, 0.5) is 13.2 Å². The third-order valence-corrected chi connectivity index (χ3v) is 3.93. The predicted molar refractivity (Wildman–Crippen MR) is 63.0 cm³/mol. The molecule has 1 aromatic carbocycles. The molecule has 0 aliphatic carbocycles. The van der Waals surface area contributed by atoms with Gasteiger partial charge < -0.3 is 5.11 Å². The lowest BCUT2D eigenvalue weighted by molar-refractivity contribution is -0.121. The first-order valence-corrected chi connectivity index (χ1v) is 6.97. The van der Waals surface area contributed by atoms with Gasteiger partial charge in [0.25, 0.3) is 0 Å². The number of hydrogen-bond acceptors (Lipinski definition) is 3. The highest BCUT2D eigenvalue weighted by Crippen LogP contribution is 2.20. The number of sulfonamides is 1. The highest BCUT2D eigenvalue weighted by atomic mass is 32.2. The van der Waals surface area contributed by atoms with Gasteiger partial charge in [0.05, 0.1) is 11.5 Å². The lowest BCUT2D eigenvalue weighted by atomic mass is 10.1. The van der Waals surface area contributed by atoms with Crippen molar-refractivity contribution < 1.29 is 26.7 Å². The molecule has 0 bridgehead atoms. The maximum Gasteiger partial charge on any atom is 0.402 e. The molecule has 0 amide bonds. The molecule has 1 aromatic rings. The van der Waals surface area contributed by atoms with Crippen molar-refractivity contribution in [2.75, 3.05) is 6.54 Å². The Labute approximate surface area is 109 Å². The van der Waals surface area contributed by atoms with E-state index < -0.39 is 22.7 Å². The summed E-state index contributed by atoms with van der Waals surface area (Å²) in [6, 6.07) is 4.19. The van der Waals surface area contributed by atoms with Crippen molar-refractivity contribution in [1.29, 1.82) is 0 Å². The van der Waals surface area contributed by atoms with Crippen molar-refractivity contribution in [1.82, 2.24) is 4.72 Å². The second kappa shape index (κ2) is 5.89. The van der Waals surface area contributed by atoms with Gasteiger partial charge in [-0.15, -0.1) is 0 Å². The highest BCUT2D eigenvalue weighted by molar-refractivity contribution is 7.89. The van der Waals surface area contributed by atoms with Gasteiger partial charge in [0.2, 0.25) is 10.0 Å². The van der Waals surface area contributed by atoms with Gasteiger partial charge in [-0.1, -0.05) is 19.1 Å². The molecule has 4 nitrogen and oxygen atoms in total. The van der Waals surface area contributed by atoms with Gasteiger partial charge in [-0.25, -0.2) is 13.1 Å². The van der Waals surface area contributed by atoms with Crippen LogP contribution in [0.15, 0.2) is 23.1 Å².